The number of anilines is 1. The van der Waals surface area contributed by atoms with E-state index < -0.39 is 11.8 Å². The maximum Gasteiger partial charge on any atom is 0.270 e. The van der Waals surface area contributed by atoms with Crippen molar-refractivity contribution < 1.29 is 28.5 Å². The molecule has 2 aromatic rings. The minimum Gasteiger partial charge on any atom is -0.494 e. The predicted octanol–water partition coefficient (Wildman–Crippen LogP) is 2.94. The third-order valence-electron chi connectivity index (χ3n) is 4.51. The fourth-order valence-electron chi connectivity index (χ4n) is 3.10. The molecule has 8 nitrogen and oxygen atoms in total. The molecule has 0 atom stereocenters. The SMILES string of the molecule is CCOc1ccc(N2C(=O)C(=Cc3cc(OC)c(OC)c(OC)c3)C(=O)NC2=S)cc1. The van der Waals surface area contributed by atoms with Gasteiger partial charge in [0.15, 0.2) is 16.6 Å². The van der Waals surface area contributed by atoms with Crippen molar-refractivity contribution >= 4 is 40.9 Å². The second kappa shape index (κ2) is 9.48. The lowest BCUT2D eigenvalue weighted by Gasteiger charge is -2.29. The molecule has 162 valence electrons. The van der Waals surface area contributed by atoms with Gasteiger partial charge < -0.3 is 18.9 Å². The normalized spacial score (nSPS) is 15.0. The number of ether oxygens (including phenoxy) is 4. The maximum absolute atomic E-state index is 13.2. The van der Waals surface area contributed by atoms with Crippen LogP contribution in [-0.4, -0.2) is 44.9 Å². The number of carbonyl (C=O) groups excluding carboxylic acids is 2. The van der Waals surface area contributed by atoms with Gasteiger partial charge >= 0.3 is 0 Å². The summed E-state index contributed by atoms with van der Waals surface area (Å²) >= 11 is 5.23. The second-order valence-electron chi connectivity index (χ2n) is 6.34. The molecule has 0 aliphatic carbocycles. The van der Waals surface area contributed by atoms with Crippen LogP contribution in [0, 0.1) is 0 Å². The molecule has 3 rings (SSSR count). The van der Waals surface area contributed by atoms with E-state index in [4.69, 9.17) is 31.2 Å². The summed E-state index contributed by atoms with van der Waals surface area (Å²) in [5.41, 5.74) is 0.943. The Morgan fingerprint density at radius 1 is 1.00 bits per heavy atom. The topological polar surface area (TPSA) is 86.3 Å². The van der Waals surface area contributed by atoms with E-state index in [0.717, 1.165) is 0 Å². The van der Waals surface area contributed by atoms with Gasteiger partial charge in [0.2, 0.25) is 5.75 Å². The van der Waals surface area contributed by atoms with E-state index >= 15 is 0 Å². The molecule has 1 aliphatic rings. The third-order valence-corrected chi connectivity index (χ3v) is 4.79. The van der Waals surface area contributed by atoms with Crippen molar-refractivity contribution in [1.82, 2.24) is 5.32 Å². The Balaban J connectivity index is 2.01. The number of carbonyl (C=O) groups is 2. The van der Waals surface area contributed by atoms with E-state index in [2.05, 4.69) is 5.32 Å². The Morgan fingerprint density at radius 2 is 1.61 bits per heavy atom. The van der Waals surface area contributed by atoms with Crippen molar-refractivity contribution in [1.29, 1.82) is 0 Å². The highest BCUT2D eigenvalue weighted by atomic mass is 32.1. The zero-order valence-electron chi connectivity index (χ0n) is 17.6. The number of amides is 2. The van der Waals surface area contributed by atoms with E-state index in [1.54, 1.807) is 36.4 Å². The first-order valence-corrected chi connectivity index (χ1v) is 9.78. The zero-order chi connectivity index (χ0) is 22.5. The summed E-state index contributed by atoms with van der Waals surface area (Å²) in [5, 5.41) is 2.56. The van der Waals surface area contributed by atoms with Crippen LogP contribution in [0.15, 0.2) is 42.0 Å². The summed E-state index contributed by atoms with van der Waals surface area (Å²) in [4.78, 5) is 27.0. The fourth-order valence-corrected chi connectivity index (χ4v) is 3.38. The molecular weight excluding hydrogens is 420 g/mol. The molecule has 2 amide bonds. The third kappa shape index (κ3) is 4.46. The van der Waals surface area contributed by atoms with Crippen LogP contribution >= 0.6 is 12.2 Å². The van der Waals surface area contributed by atoms with Crippen LogP contribution in [-0.2, 0) is 9.59 Å². The highest BCUT2D eigenvalue weighted by Crippen LogP contribution is 2.39. The van der Waals surface area contributed by atoms with Crippen LogP contribution < -0.4 is 29.2 Å². The lowest BCUT2D eigenvalue weighted by atomic mass is 10.1. The Hall–Kier alpha value is -3.59. The van der Waals surface area contributed by atoms with Crippen LogP contribution in [0.1, 0.15) is 12.5 Å². The highest BCUT2D eigenvalue weighted by Gasteiger charge is 2.34. The highest BCUT2D eigenvalue weighted by molar-refractivity contribution is 7.80. The van der Waals surface area contributed by atoms with Gasteiger partial charge in [0.05, 0.1) is 33.6 Å². The van der Waals surface area contributed by atoms with Gasteiger partial charge in [-0.1, -0.05) is 0 Å². The number of hydrogen-bond donors (Lipinski definition) is 1. The standard InChI is InChI=1S/C22H22N2O6S/c1-5-30-15-8-6-14(7-9-15)24-21(26)16(20(25)23-22(24)31)10-13-11-17(27-2)19(29-4)18(12-13)28-3/h6-12H,5H2,1-4H3,(H,23,25,31). The van der Waals surface area contributed by atoms with Crippen LogP contribution in [0.4, 0.5) is 5.69 Å². The molecule has 2 aromatic carbocycles. The minimum atomic E-state index is -0.592. The monoisotopic (exact) mass is 442 g/mol. The zero-order valence-corrected chi connectivity index (χ0v) is 18.4. The quantitative estimate of drug-likeness (QED) is 0.401. The number of nitrogens with zero attached hydrogens (tertiary/aromatic N) is 1. The Bertz CT molecular complexity index is 1020. The van der Waals surface area contributed by atoms with Gasteiger partial charge in [-0.25, -0.2) is 0 Å². The van der Waals surface area contributed by atoms with Gasteiger partial charge in [0.25, 0.3) is 11.8 Å². The summed E-state index contributed by atoms with van der Waals surface area (Å²) < 4.78 is 21.4. The second-order valence-corrected chi connectivity index (χ2v) is 6.73. The Morgan fingerprint density at radius 3 is 2.13 bits per heavy atom. The minimum absolute atomic E-state index is 0.00111. The number of thiocarbonyl (C=S) groups is 1. The van der Waals surface area contributed by atoms with E-state index in [1.165, 1.54) is 32.3 Å². The molecule has 1 N–H and O–H groups in total. The van der Waals surface area contributed by atoms with Crippen molar-refractivity contribution in [2.24, 2.45) is 0 Å². The van der Waals surface area contributed by atoms with Crippen molar-refractivity contribution in [3.63, 3.8) is 0 Å². The van der Waals surface area contributed by atoms with Crippen molar-refractivity contribution in [3.8, 4) is 23.0 Å². The summed E-state index contributed by atoms with van der Waals surface area (Å²) in [7, 11) is 4.46. The molecule has 0 bridgehead atoms. The van der Waals surface area contributed by atoms with Crippen LogP contribution in [0.3, 0.4) is 0 Å². The molecule has 1 heterocycles. The van der Waals surface area contributed by atoms with Crippen LogP contribution in [0.5, 0.6) is 23.0 Å². The number of hydrogen-bond acceptors (Lipinski definition) is 7. The Labute approximate surface area is 185 Å². The molecule has 1 fully saturated rings. The first-order chi connectivity index (χ1) is 14.9. The average molecular weight is 442 g/mol. The molecule has 0 spiro atoms. The van der Waals surface area contributed by atoms with E-state index in [9.17, 15) is 9.59 Å². The molecule has 0 unspecified atom stereocenters. The molecule has 9 heteroatoms. The number of rotatable bonds is 7. The smallest absolute Gasteiger partial charge is 0.270 e. The van der Waals surface area contributed by atoms with Gasteiger partial charge in [-0.3, -0.25) is 19.8 Å². The van der Waals surface area contributed by atoms with Crippen LogP contribution in [0.25, 0.3) is 6.08 Å². The first kappa shape index (κ1) is 22.1. The predicted molar refractivity (Wildman–Crippen MR) is 120 cm³/mol. The summed E-state index contributed by atoms with van der Waals surface area (Å²) in [6, 6.07) is 10.1. The van der Waals surface area contributed by atoms with E-state index in [0.29, 0.717) is 40.9 Å². The summed E-state index contributed by atoms with van der Waals surface area (Å²) in [6.07, 6.45) is 1.45. The van der Waals surface area contributed by atoms with E-state index in [-0.39, 0.29) is 10.7 Å². The van der Waals surface area contributed by atoms with Gasteiger partial charge in [-0.2, -0.15) is 0 Å². The van der Waals surface area contributed by atoms with Crippen LogP contribution in [0.2, 0.25) is 0 Å². The summed E-state index contributed by atoms with van der Waals surface area (Å²) in [5.74, 6) is 0.729. The van der Waals surface area contributed by atoms with Crippen molar-refractivity contribution in [2.45, 2.75) is 6.92 Å². The lowest BCUT2D eigenvalue weighted by Crippen LogP contribution is -2.54. The van der Waals surface area contributed by atoms with Gasteiger partial charge in [0.1, 0.15) is 11.3 Å². The molecular formula is C22H22N2O6S. The molecule has 31 heavy (non-hydrogen) atoms. The largest absolute Gasteiger partial charge is 0.494 e. The van der Waals surface area contributed by atoms with Crippen molar-refractivity contribution in [3.05, 3.63) is 47.5 Å². The summed E-state index contributed by atoms with van der Waals surface area (Å²) in [6.45, 7) is 2.41. The molecule has 1 aliphatic heterocycles. The first-order valence-electron chi connectivity index (χ1n) is 9.37. The number of benzene rings is 2. The Kier molecular flexibility index (Phi) is 6.76. The average Bonchev–Trinajstić information content (AvgIpc) is 2.77. The molecule has 0 radical (unpaired) electrons. The maximum atomic E-state index is 13.2. The fraction of sp³-hybridized carbons (Fsp3) is 0.227. The molecule has 0 aromatic heterocycles. The molecule has 1 saturated heterocycles. The van der Waals surface area contributed by atoms with Gasteiger partial charge in [-0.15, -0.1) is 0 Å². The van der Waals surface area contributed by atoms with Gasteiger partial charge in [-0.05, 0) is 67.2 Å². The number of methoxy groups -OCH3 is 3. The van der Waals surface area contributed by atoms with Crippen molar-refractivity contribution in [2.75, 3.05) is 32.8 Å². The molecule has 0 saturated carbocycles. The van der Waals surface area contributed by atoms with Gasteiger partial charge in [0, 0.05) is 0 Å². The lowest BCUT2D eigenvalue weighted by molar-refractivity contribution is -0.122. The van der Waals surface area contributed by atoms with E-state index in [1.807, 2.05) is 6.92 Å². The number of nitrogens with one attached hydrogen (secondary N) is 1.